The molecule has 4 heterocycles. The first-order valence-electron chi connectivity index (χ1n) is 13.5. The van der Waals surface area contributed by atoms with Crippen LogP contribution in [0.25, 0.3) is 0 Å². The van der Waals surface area contributed by atoms with Gasteiger partial charge in [-0.1, -0.05) is 12.1 Å². The lowest BCUT2D eigenvalue weighted by molar-refractivity contribution is 0.413. The SMILES string of the molecule is COc1ccc(Oc2ccc(N3C(=S)N[C@@H](c4ccccn4)[C@H]3c3cc(C)n(Cc4cccnc4)c3C)cc2)cc1. The number of ether oxygens (including phenoxy) is 2. The number of aryl methyl sites for hydroxylation is 1. The van der Waals surface area contributed by atoms with Gasteiger partial charge in [-0.25, -0.2) is 0 Å². The van der Waals surface area contributed by atoms with E-state index in [0.29, 0.717) is 5.11 Å². The van der Waals surface area contributed by atoms with E-state index in [4.69, 9.17) is 26.7 Å². The third-order valence-corrected chi connectivity index (χ3v) is 7.82. The van der Waals surface area contributed by atoms with Crippen molar-refractivity contribution >= 4 is 23.0 Å². The number of thiocarbonyl (C=S) groups is 1. The molecule has 0 radical (unpaired) electrons. The van der Waals surface area contributed by atoms with Crippen LogP contribution in [0.4, 0.5) is 5.69 Å². The maximum absolute atomic E-state index is 6.08. The minimum Gasteiger partial charge on any atom is -0.497 e. The summed E-state index contributed by atoms with van der Waals surface area (Å²) in [6.45, 7) is 5.08. The summed E-state index contributed by atoms with van der Waals surface area (Å²) >= 11 is 5.95. The molecule has 1 N–H and O–H groups in total. The van der Waals surface area contributed by atoms with Crippen LogP contribution in [0.2, 0.25) is 0 Å². The van der Waals surface area contributed by atoms with Gasteiger partial charge in [0.2, 0.25) is 0 Å². The number of nitrogens with one attached hydrogen (secondary N) is 1. The molecule has 0 amide bonds. The van der Waals surface area contributed by atoms with Crippen LogP contribution in [-0.4, -0.2) is 26.8 Å². The fourth-order valence-electron chi connectivity index (χ4n) is 5.45. The van der Waals surface area contributed by atoms with Gasteiger partial charge in [-0.15, -0.1) is 0 Å². The van der Waals surface area contributed by atoms with Crippen molar-refractivity contribution in [3.63, 3.8) is 0 Å². The van der Waals surface area contributed by atoms with E-state index < -0.39 is 0 Å². The van der Waals surface area contributed by atoms with E-state index in [1.807, 2.05) is 67.0 Å². The van der Waals surface area contributed by atoms with E-state index in [9.17, 15) is 0 Å². The lowest BCUT2D eigenvalue weighted by Gasteiger charge is -2.28. The van der Waals surface area contributed by atoms with Crippen LogP contribution in [0.5, 0.6) is 17.2 Å². The summed E-state index contributed by atoms with van der Waals surface area (Å²) in [5, 5.41) is 4.23. The molecule has 1 aliphatic rings. The van der Waals surface area contributed by atoms with E-state index in [1.54, 1.807) is 13.3 Å². The van der Waals surface area contributed by atoms with Gasteiger partial charge in [-0.2, -0.15) is 0 Å². The molecule has 0 saturated carbocycles. The molecule has 6 rings (SSSR count). The smallest absolute Gasteiger partial charge is 0.174 e. The minimum absolute atomic E-state index is 0.0976. The lowest BCUT2D eigenvalue weighted by atomic mass is 9.96. The largest absolute Gasteiger partial charge is 0.497 e. The van der Waals surface area contributed by atoms with Gasteiger partial charge in [-0.05, 0) is 110 Å². The zero-order chi connectivity index (χ0) is 28.3. The van der Waals surface area contributed by atoms with E-state index in [0.717, 1.165) is 40.7 Å². The number of rotatable bonds is 8. The third kappa shape index (κ3) is 5.38. The summed E-state index contributed by atoms with van der Waals surface area (Å²) in [7, 11) is 1.65. The van der Waals surface area contributed by atoms with Crippen molar-refractivity contribution in [1.82, 2.24) is 19.9 Å². The van der Waals surface area contributed by atoms with Crippen LogP contribution >= 0.6 is 12.2 Å². The molecule has 41 heavy (non-hydrogen) atoms. The zero-order valence-electron chi connectivity index (χ0n) is 23.2. The Bertz CT molecular complexity index is 1640. The second kappa shape index (κ2) is 11.4. The fourth-order valence-corrected chi connectivity index (χ4v) is 5.79. The Morgan fingerprint density at radius 3 is 2.27 bits per heavy atom. The van der Waals surface area contributed by atoms with Crippen molar-refractivity contribution in [3.05, 3.63) is 132 Å². The maximum Gasteiger partial charge on any atom is 0.174 e. The highest BCUT2D eigenvalue weighted by Crippen LogP contribution is 2.43. The van der Waals surface area contributed by atoms with E-state index in [-0.39, 0.29) is 12.1 Å². The first kappa shape index (κ1) is 26.5. The first-order chi connectivity index (χ1) is 20.0. The van der Waals surface area contributed by atoms with Gasteiger partial charge in [0.25, 0.3) is 0 Å². The maximum atomic E-state index is 6.08. The van der Waals surface area contributed by atoms with Gasteiger partial charge in [-0.3, -0.25) is 9.97 Å². The van der Waals surface area contributed by atoms with Crippen LogP contribution in [-0.2, 0) is 6.54 Å². The molecule has 7 nitrogen and oxygen atoms in total. The number of hydrogen-bond acceptors (Lipinski definition) is 5. The van der Waals surface area contributed by atoms with Gasteiger partial charge in [0.05, 0.1) is 24.9 Å². The highest BCUT2D eigenvalue weighted by molar-refractivity contribution is 7.80. The standard InChI is InChI=1S/C33H31N5O2S/c1-22-19-29(23(2)37(22)21-24-7-6-17-34-20-24)32-31(30-8-4-5-18-35-30)36-33(41)38(32)25-9-11-27(12-10-25)40-28-15-13-26(39-3)14-16-28/h4-20,31-32H,21H2,1-3H3,(H,36,41)/t31-,32+/m0/s1. The van der Waals surface area contributed by atoms with E-state index in [2.05, 4.69) is 63.9 Å². The van der Waals surface area contributed by atoms with Crippen molar-refractivity contribution in [3.8, 4) is 17.2 Å². The molecule has 8 heteroatoms. The number of pyridine rings is 2. The average Bonchev–Trinajstić information content (AvgIpc) is 3.49. The Morgan fingerprint density at radius 1 is 0.878 bits per heavy atom. The average molecular weight is 562 g/mol. The monoisotopic (exact) mass is 561 g/mol. The second-order valence-corrected chi connectivity index (χ2v) is 10.4. The third-order valence-electron chi connectivity index (χ3n) is 7.50. The van der Waals surface area contributed by atoms with Crippen molar-refractivity contribution in [2.45, 2.75) is 32.5 Å². The molecule has 0 spiro atoms. The summed E-state index contributed by atoms with van der Waals surface area (Å²) < 4.78 is 13.7. The van der Waals surface area contributed by atoms with Crippen molar-refractivity contribution in [2.24, 2.45) is 0 Å². The molecule has 1 saturated heterocycles. The molecule has 2 aromatic carbocycles. The Hall–Kier alpha value is -4.69. The minimum atomic E-state index is -0.119. The summed E-state index contributed by atoms with van der Waals surface area (Å²) in [4.78, 5) is 11.2. The molecule has 0 aliphatic carbocycles. The van der Waals surface area contributed by atoms with Crippen molar-refractivity contribution in [1.29, 1.82) is 0 Å². The molecule has 5 aromatic rings. The Labute approximate surface area is 245 Å². The van der Waals surface area contributed by atoms with Crippen LogP contribution in [0.15, 0.2) is 104 Å². The number of anilines is 1. The number of methoxy groups -OCH3 is 1. The molecule has 1 fully saturated rings. The van der Waals surface area contributed by atoms with Crippen molar-refractivity contribution < 1.29 is 9.47 Å². The quantitative estimate of drug-likeness (QED) is 0.206. The molecule has 2 atom stereocenters. The molecule has 1 aliphatic heterocycles. The second-order valence-electron chi connectivity index (χ2n) is 10.0. The molecular formula is C33H31N5O2S. The van der Waals surface area contributed by atoms with Gasteiger partial charge in [0.15, 0.2) is 5.11 Å². The van der Waals surface area contributed by atoms with Crippen LogP contribution in [0.3, 0.4) is 0 Å². The highest BCUT2D eigenvalue weighted by atomic mass is 32.1. The number of aromatic nitrogens is 3. The normalized spacial score (nSPS) is 16.5. The number of benzene rings is 2. The van der Waals surface area contributed by atoms with Crippen LogP contribution < -0.4 is 19.7 Å². The van der Waals surface area contributed by atoms with Gasteiger partial charge in [0, 0.05) is 42.2 Å². The molecule has 206 valence electrons. The van der Waals surface area contributed by atoms with Gasteiger partial charge in [0.1, 0.15) is 17.2 Å². The summed E-state index contributed by atoms with van der Waals surface area (Å²) in [5.41, 5.74) is 6.65. The molecular weight excluding hydrogens is 530 g/mol. The first-order valence-corrected chi connectivity index (χ1v) is 13.9. The number of nitrogens with zero attached hydrogens (tertiary/aromatic N) is 4. The highest BCUT2D eigenvalue weighted by Gasteiger charge is 2.42. The fraction of sp³-hybridized carbons (Fsp3) is 0.182. The van der Waals surface area contributed by atoms with Gasteiger partial charge >= 0.3 is 0 Å². The van der Waals surface area contributed by atoms with Crippen molar-refractivity contribution in [2.75, 3.05) is 12.0 Å². The zero-order valence-corrected chi connectivity index (χ0v) is 24.0. The predicted molar refractivity (Wildman–Crippen MR) is 165 cm³/mol. The lowest BCUT2D eigenvalue weighted by Crippen LogP contribution is -2.29. The Kier molecular flexibility index (Phi) is 7.39. The summed E-state index contributed by atoms with van der Waals surface area (Å²) in [6.07, 6.45) is 5.55. The van der Waals surface area contributed by atoms with Crippen LogP contribution in [0, 0.1) is 13.8 Å². The molecule has 0 unspecified atom stereocenters. The molecule has 0 bridgehead atoms. The topological polar surface area (TPSA) is 64.4 Å². The summed E-state index contributed by atoms with van der Waals surface area (Å²) in [6, 6.07) is 27.7. The van der Waals surface area contributed by atoms with E-state index in [1.165, 1.54) is 17.0 Å². The summed E-state index contributed by atoms with van der Waals surface area (Å²) in [5.74, 6) is 2.27. The Balaban J connectivity index is 1.35. The number of hydrogen-bond donors (Lipinski definition) is 1. The molecule has 3 aromatic heterocycles. The Morgan fingerprint density at radius 2 is 1.61 bits per heavy atom. The van der Waals surface area contributed by atoms with Crippen LogP contribution in [0.1, 0.15) is 40.3 Å². The predicted octanol–water partition coefficient (Wildman–Crippen LogP) is 6.92. The van der Waals surface area contributed by atoms with E-state index >= 15 is 0 Å². The van der Waals surface area contributed by atoms with Gasteiger partial charge < -0.3 is 24.3 Å².